The van der Waals surface area contributed by atoms with Crippen LogP contribution in [0.5, 0.6) is 0 Å². The van der Waals surface area contributed by atoms with Crippen molar-refractivity contribution in [2.45, 2.75) is 52.6 Å². The SMILES string of the molecule is CC(NC(=O)C(C)(C)C)C(=O)NC(CN)C1CC1. The lowest BCUT2D eigenvalue weighted by atomic mass is 9.95. The molecule has 0 bridgehead atoms. The average molecular weight is 255 g/mol. The quantitative estimate of drug-likeness (QED) is 0.664. The number of nitrogens with one attached hydrogen (secondary N) is 2. The van der Waals surface area contributed by atoms with Crippen LogP contribution in [0.3, 0.4) is 0 Å². The highest BCUT2D eigenvalue weighted by atomic mass is 16.2. The molecule has 0 radical (unpaired) electrons. The molecule has 1 aliphatic carbocycles. The largest absolute Gasteiger partial charge is 0.350 e. The smallest absolute Gasteiger partial charge is 0.242 e. The minimum Gasteiger partial charge on any atom is -0.350 e. The van der Waals surface area contributed by atoms with Gasteiger partial charge in [-0.05, 0) is 25.7 Å². The molecule has 2 unspecified atom stereocenters. The van der Waals surface area contributed by atoms with Crippen molar-refractivity contribution in [3.05, 3.63) is 0 Å². The van der Waals surface area contributed by atoms with Gasteiger partial charge >= 0.3 is 0 Å². The first-order valence-corrected chi connectivity index (χ1v) is 6.57. The van der Waals surface area contributed by atoms with E-state index in [9.17, 15) is 9.59 Å². The zero-order valence-electron chi connectivity index (χ0n) is 11.7. The van der Waals surface area contributed by atoms with Gasteiger partial charge in [0.05, 0.1) is 0 Å². The van der Waals surface area contributed by atoms with Gasteiger partial charge < -0.3 is 16.4 Å². The molecule has 0 spiro atoms. The fraction of sp³-hybridized carbons (Fsp3) is 0.846. The fourth-order valence-corrected chi connectivity index (χ4v) is 1.65. The molecule has 4 N–H and O–H groups in total. The number of nitrogens with two attached hydrogens (primary N) is 1. The Kier molecular flexibility index (Phi) is 4.73. The maximum Gasteiger partial charge on any atom is 0.242 e. The van der Waals surface area contributed by atoms with Gasteiger partial charge in [0.2, 0.25) is 11.8 Å². The normalized spacial score (nSPS) is 18.9. The first-order chi connectivity index (χ1) is 8.25. The van der Waals surface area contributed by atoms with Crippen molar-refractivity contribution in [3.63, 3.8) is 0 Å². The van der Waals surface area contributed by atoms with E-state index in [1.54, 1.807) is 6.92 Å². The van der Waals surface area contributed by atoms with Crippen LogP contribution in [-0.4, -0.2) is 30.4 Å². The number of carbonyl (C=O) groups excluding carboxylic acids is 2. The van der Waals surface area contributed by atoms with Crippen molar-refractivity contribution in [3.8, 4) is 0 Å². The Labute approximate surface area is 109 Å². The van der Waals surface area contributed by atoms with Crippen LogP contribution in [0.1, 0.15) is 40.5 Å². The van der Waals surface area contributed by atoms with E-state index in [4.69, 9.17) is 5.73 Å². The molecule has 0 heterocycles. The van der Waals surface area contributed by atoms with Crippen molar-refractivity contribution in [2.75, 3.05) is 6.54 Å². The number of hydrogen-bond donors (Lipinski definition) is 3. The van der Waals surface area contributed by atoms with E-state index in [2.05, 4.69) is 10.6 Å². The van der Waals surface area contributed by atoms with E-state index in [0.717, 1.165) is 12.8 Å². The predicted octanol–water partition coefficient (Wildman–Crippen LogP) is 0.391. The van der Waals surface area contributed by atoms with Crippen molar-refractivity contribution in [2.24, 2.45) is 17.1 Å². The highest BCUT2D eigenvalue weighted by Crippen LogP contribution is 2.32. The summed E-state index contributed by atoms with van der Waals surface area (Å²) < 4.78 is 0. The summed E-state index contributed by atoms with van der Waals surface area (Å²) in [6, 6.07) is -0.476. The molecule has 5 heteroatoms. The highest BCUT2D eigenvalue weighted by molar-refractivity contribution is 5.89. The molecule has 1 fully saturated rings. The molecule has 0 aromatic carbocycles. The predicted molar refractivity (Wildman–Crippen MR) is 70.8 cm³/mol. The molecule has 2 amide bonds. The van der Waals surface area contributed by atoms with Crippen LogP contribution in [-0.2, 0) is 9.59 Å². The molecular formula is C13H25N3O2. The van der Waals surface area contributed by atoms with Gasteiger partial charge in [-0.15, -0.1) is 0 Å². The van der Waals surface area contributed by atoms with Crippen LogP contribution in [0, 0.1) is 11.3 Å². The van der Waals surface area contributed by atoms with Gasteiger partial charge in [-0.25, -0.2) is 0 Å². The van der Waals surface area contributed by atoms with Gasteiger partial charge in [-0.2, -0.15) is 0 Å². The minimum absolute atomic E-state index is 0.0477. The fourth-order valence-electron chi connectivity index (χ4n) is 1.65. The van der Waals surface area contributed by atoms with Crippen LogP contribution >= 0.6 is 0 Å². The molecule has 0 saturated heterocycles. The monoisotopic (exact) mass is 255 g/mol. The molecule has 18 heavy (non-hydrogen) atoms. The van der Waals surface area contributed by atoms with Crippen LogP contribution < -0.4 is 16.4 Å². The molecule has 1 rings (SSSR count). The third kappa shape index (κ3) is 4.29. The molecule has 1 saturated carbocycles. The lowest BCUT2D eigenvalue weighted by Gasteiger charge is -2.23. The summed E-state index contributed by atoms with van der Waals surface area (Å²) in [6.45, 7) is 7.61. The Hall–Kier alpha value is -1.10. The van der Waals surface area contributed by atoms with Gasteiger partial charge in [0.1, 0.15) is 6.04 Å². The van der Waals surface area contributed by atoms with Crippen molar-refractivity contribution >= 4 is 11.8 Å². The summed E-state index contributed by atoms with van der Waals surface area (Å²) in [5.41, 5.74) is 5.14. The Bertz CT molecular complexity index is 319. The summed E-state index contributed by atoms with van der Waals surface area (Å²) in [5.74, 6) is 0.236. The van der Waals surface area contributed by atoms with E-state index in [-0.39, 0.29) is 17.9 Å². The topological polar surface area (TPSA) is 84.2 Å². The van der Waals surface area contributed by atoms with Gasteiger partial charge in [-0.3, -0.25) is 9.59 Å². The molecule has 1 aliphatic rings. The van der Waals surface area contributed by atoms with Crippen LogP contribution in [0.25, 0.3) is 0 Å². The van der Waals surface area contributed by atoms with E-state index >= 15 is 0 Å². The van der Waals surface area contributed by atoms with Gasteiger partial charge in [0.15, 0.2) is 0 Å². The van der Waals surface area contributed by atoms with Crippen molar-refractivity contribution < 1.29 is 9.59 Å². The lowest BCUT2D eigenvalue weighted by Crippen LogP contribution is -2.52. The Morgan fingerprint density at radius 2 is 1.83 bits per heavy atom. The number of rotatable bonds is 5. The van der Waals surface area contributed by atoms with E-state index in [0.29, 0.717) is 12.5 Å². The number of hydrogen-bond acceptors (Lipinski definition) is 3. The summed E-state index contributed by atoms with van der Waals surface area (Å²) in [7, 11) is 0. The van der Waals surface area contributed by atoms with Gasteiger partial charge in [0, 0.05) is 18.0 Å². The number of amides is 2. The molecule has 104 valence electrons. The summed E-state index contributed by atoms with van der Waals surface area (Å²) >= 11 is 0. The number of carbonyl (C=O) groups is 2. The lowest BCUT2D eigenvalue weighted by molar-refractivity contribution is -0.133. The molecule has 0 aromatic heterocycles. The Balaban J connectivity index is 2.43. The van der Waals surface area contributed by atoms with Crippen molar-refractivity contribution in [1.82, 2.24) is 10.6 Å². The summed E-state index contributed by atoms with van der Waals surface area (Å²) in [5, 5.41) is 5.62. The Morgan fingerprint density at radius 1 is 1.28 bits per heavy atom. The summed E-state index contributed by atoms with van der Waals surface area (Å²) in [4.78, 5) is 23.7. The van der Waals surface area contributed by atoms with E-state index in [1.807, 2.05) is 20.8 Å². The summed E-state index contributed by atoms with van der Waals surface area (Å²) in [6.07, 6.45) is 2.26. The third-order valence-corrected chi connectivity index (χ3v) is 3.19. The molecule has 2 atom stereocenters. The zero-order chi connectivity index (χ0) is 13.9. The molecule has 0 aromatic rings. The first kappa shape index (κ1) is 15.0. The highest BCUT2D eigenvalue weighted by Gasteiger charge is 2.32. The molecule has 5 nitrogen and oxygen atoms in total. The second-order valence-electron chi connectivity index (χ2n) is 6.13. The maximum absolute atomic E-state index is 11.9. The minimum atomic E-state index is -0.524. The standard InChI is InChI=1S/C13H25N3O2/c1-8(15-12(18)13(2,3)4)11(17)16-10(7-14)9-5-6-9/h8-10H,5-7,14H2,1-4H3,(H,15,18)(H,16,17). The van der Waals surface area contributed by atoms with Gasteiger partial charge in [0.25, 0.3) is 0 Å². The first-order valence-electron chi connectivity index (χ1n) is 6.57. The second-order valence-corrected chi connectivity index (χ2v) is 6.13. The average Bonchev–Trinajstić information content (AvgIpc) is 3.07. The van der Waals surface area contributed by atoms with Crippen LogP contribution in [0.2, 0.25) is 0 Å². The zero-order valence-corrected chi connectivity index (χ0v) is 11.7. The van der Waals surface area contributed by atoms with Crippen LogP contribution in [0.15, 0.2) is 0 Å². The second kappa shape index (κ2) is 5.69. The van der Waals surface area contributed by atoms with Gasteiger partial charge in [-0.1, -0.05) is 20.8 Å². The van der Waals surface area contributed by atoms with Crippen LogP contribution in [0.4, 0.5) is 0 Å². The molecular weight excluding hydrogens is 230 g/mol. The van der Waals surface area contributed by atoms with E-state index in [1.165, 1.54) is 0 Å². The molecule has 0 aliphatic heterocycles. The maximum atomic E-state index is 11.9. The van der Waals surface area contributed by atoms with Crippen molar-refractivity contribution in [1.29, 1.82) is 0 Å². The third-order valence-electron chi connectivity index (χ3n) is 3.19. The Morgan fingerprint density at radius 3 is 2.22 bits per heavy atom. The van der Waals surface area contributed by atoms with E-state index < -0.39 is 11.5 Å².